The van der Waals surface area contributed by atoms with Crippen LogP contribution in [0.2, 0.25) is 0 Å². The van der Waals surface area contributed by atoms with Gasteiger partial charge in [-0.25, -0.2) is 4.79 Å². The van der Waals surface area contributed by atoms with E-state index in [4.69, 9.17) is 21.7 Å². The van der Waals surface area contributed by atoms with E-state index in [-0.39, 0.29) is 24.5 Å². The van der Waals surface area contributed by atoms with Crippen LogP contribution < -0.4 is 10.1 Å². The molecule has 1 heterocycles. The lowest BCUT2D eigenvalue weighted by Gasteiger charge is -2.37. The fourth-order valence-electron chi connectivity index (χ4n) is 2.88. The fourth-order valence-corrected chi connectivity index (χ4v) is 3.26. The molecule has 1 aliphatic rings. The first-order valence-electron chi connectivity index (χ1n) is 8.39. The topological polar surface area (TPSA) is 60.0 Å². The number of methoxy groups -OCH3 is 1. The van der Waals surface area contributed by atoms with Crippen molar-refractivity contribution in [2.45, 2.75) is 26.5 Å². The molecule has 0 spiro atoms. The van der Waals surface area contributed by atoms with E-state index >= 15 is 0 Å². The van der Waals surface area contributed by atoms with Crippen molar-refractivity contribution in [3.8, 4) is 5.75 Å². The number of nitrogens with one attached hydrogen (secondary N) is 1. The maximum Gasteiger partial charge on any atom is 0.387 e. The number of rotatable bonds is 8. The third kappa shape index (κ3) is 4.92. The summed E-state index contributed by atoms with van der Waals surface area (Å²) >= 11 is 5.38. The van der Waals surface area contributed by atoms with Gasteiger partial charge in [-0.1, -0.05) is 18.2 Å². The van der Waals surface area contributed by atoms with Crippen molar-refractivity contribution in [2.24, 2.45) is 0 Å². The van der Waals surface area contributed by atoms with Gasteiger partial charge in [0.25, 0.3) is 0 Å². The average molecular weight is 400 g/mol. The smallest absolute Gasteiger partial charge is 0.387 e. The lowest BCUT2D eigenvalue weighted by molar-refractivity contribution is -0.140. The summed E-state index contributed by atoms with van der Waals surface area (Å²) in [6.07, 6.45) is 0. The molecule has 0 saturated heterocycles. The maximum atomic E-state index is 12.8. The second-order valence-corrected chi connectivity index (χ2v) is 6.06. The van der Waals surface area contributed by atoms with E-state index in [0.29, 0.717) is 22.9 Å². The Labute approximate surface area is 162 Å². The Hall–Kier alpha value is -2.26. The Morgan fingerprint density at radius 1 is 1.33 bits per heavy atom. The standard InChI is InChI=1S/C18H22F2N2O4S/c1-4-22-11(2)14(16(23)25-10-9-24-3)15(21-18(22)27)12-7-5-6-8-13(12)26-17(19)20/h5-8,15,17H,4,9-10H2,1-3H3,(H,21,27)/t15-/m0/s1. The minimum Gasteiger partial charge on any atom is -0.460 e. The van der Waals surface area contributed by atoms with Gasteiger partial charge in [-0.05, 0) is 32.1 Å². The summed E-state index contributed by atoms with van der Waals surface area (Å²) in [6, 6.07) is 5.50. The summed E-state index contributed by atoms with van der Waals surface area (Å²) in [5.74, 6) is -0.609. The molecular formula is C18H22F2N2O4S. The van der Waals surface area contributed by atoms with E-state index in [0.717, 1.165) is 0 Å². The Balaban J connectivity index is 2.48. The van der Waals surface area contributed by atoms with Crippen molar-refractivity contribution in [1.82, 2.24) is 10.2 Å². The van der Waals surface area contributed by atoms with Gasteiger partial charge < -0.3 is 24.4 Å². The lowest BCUT2D eigenvalue weighted by Crippen LogP contribution is -2.47. The van der Waals surface area contributed by atoms with Crippen LogP contribution in [-0.4, -0.2) is 49.5 Å². The van der Waals surface area contributed by atoms with Crippen LogP contribution in [0.1, 0.15) is 25.5 Å². The van der Waals surface area contributed by atoms with Crippen LogP contribution in [0.25, 0.3) is 0 Å². The minimum atomic E-state index is -2.99. The number of carbonyl (C=O) groups excluding carboxylic acids is 1. The maximum absolute atomic E-state index is 12.8. The molecule has 0 fully saturated rings. The number of allylic oxidation sites excluding steroid dienone is 1. The molecule has 0 unspecified atom stereocenters. The minimum absolute atomic E-state index is 0.0345. The van der Waals surface area contributed by atoms with Gasteiger partial charge in [0, 0.05) is 24.9 Å². The van der Waals surface area contributed by atoms with Crippen LogP contribution in [0.4, 0.5) is 8.78 Å². The monoisotopic (exact) mass is 400 g/mol. The Morgan fingerprint density at radius 3 is 2.67 bits per heavy atom. The average Bonchev–Trinajstić information content (AvgIpc) is 2.61. The van der Waals surface area contributed by atoms with Gasteiger partial charge in [0.05, 0.1) is 18.2 Å². The highest BCUT2D eigenvalue weighted by atomic mass is 32.1. The summed E-state index contributed by atoms with van der Waals surface area (Å²) < 4.78 is 40.4. The summed E-state index contributed by atoms with van der Waals surface area (Å²) in [5.41, 5.74) is 1.25. The van der Waals surface area contributed by atoms with Crippen LogP contribution >= 0.6 is 12.2 Å². The van der Waals surface area contributed by atoms with Crippen molar-refractivity contribution in [3.63, 3.8) is 0 Å². The van der Waals surface area contributed by atoms with E-state index < -0.39 is 18.6 Å². The number of alkyl halides is 2. The number of benzene rings is 1. The van der Waals surface area contributed by atoms with Gasteiger partial charge in [0.2, 0.25) is 0 Å². The fraction of sp³-hybridized carbons (Fsp3) is 0.444. The van der Waals surface area contributed by atoms with Gasteiger partial charge in [0.15, 0.2) is 5.11 Å². The molecule has 0 saturated carbocycles. The zero-order valence-corrected chi connectivity index (χ0v) is 16.1. The first-order chi connectivity index (χ1) is 12.9. The predicted octanol–water partition coefficient (Wildman–Crippen LogP) is 3.00. The molecule has 0 amide bonds. The van der Waals surface area contributed by atoms with Crippen LogP contribution in [0.15, 0.2) is 35.5 Å². The number of hydrogen-bond acceptors (Lipinski definition) is 5. The third-order valence-electron chi connectivity index (χ3n) is 4.10. The van der Waals surface area contributed by atoms with Gasteiger partial charge in [-0.3, -0.25) is 0 Å². The number of nitrogens with zero attached hydrogens (tertiary/aromatic N) is 1. The summed E-state index contributed by atoms with van der Waals surface area (Å²) in [5, 5.41) is 3.43. The van der Waals surface area contributed by atoms with E-state index in [2.05, 4.69) is 10.1 Å². The number of ether oxygens (including phenoxy) is 3. The number of thiocarbonyl (C=S) groups is 1. The molecule has 27 heavy (non-hydrogen) atoms. The molecule has 148 valence electrons. The highest BCUT2D eigenvalue weighted by Crippen LogP contribution is 2.36. The van der Waals surface area contributed by atoms with Crippen LogP contribution in [0.3, 0.4) is 0 Å². The highest BCUT2D eigenvalue weighted by Gasteiger charge is 2.36. The predicted molar refractivity (Wildman–Crippen MR) is 99.5 cm³/mol. The molecular weight excluding hydrogens is 378 g/mol. The Kier molecular flexibility index (Phi) is 7.49. The molecule has 1 aromatic rings. The van der Waals surface area contributed by atoms with Gasteiger partial charge in [-0.2, -0.15) is 8.78 Å². The van der Waals surface area contributed by atoms with Gasteiger partial charge in [-0.15, -0.1) is 0 Å². The van der Waals surface area contributed by atoms with Crippen LogP contribution in [0.5, 0.6) is 5.75 Å². The second-order valence-electron chi connectivity index (χ2n) is 5.67. The number of para-hydroxylation sites is 1. The molecule has 1 aromatic carbocycles. The molecule has 0 aromatic heterocycles. The van der Waals surface area contributed by atoms with E-state index in [9.17, 15) is 13.6 Å². The van der Waals surface area contributed by atoms with Crippen molar-refractivity contribution in [1.29, 1.82) is 0 Å². The number of halogens is 2. The summed E-state index contributed by atoms with van der Waals surface area (Å²) in [7, 11) is 1.50. The molecule has 1 aliphatic heterocycles. The first-order valence-corrected chi connectivity index (χ1v) is 8.80. The van der Waals surface area contributed by atoms with Crippen molar-refractivity contribution < 1.29 is 27.8 Å². The summed E-state index contributed by atoms with van der Waals surface area (Å²) in [6.45, 7) is 1.50. The molecule has 1 atom stereocenters. The van der Waals surface area contributed by atoms with Crippen molar-refractivity contribution in [3.05, 3.63) is 41.1 Å². The van der Waals surface area contributed by atoms with E-state index in [1.807, 2.05) is 6.92 Å². The molecule has 9 heteroatoms. The van der Waals surface area contributed by atoms with Crippen molar-refractivity contribution in [2.75, 3.05) is 26.9 Å². The summed E-state index contributed by atoms with van der Waals surface area (Å²) in [4.78, 5) is 14.5. The van der Waals surface area contributed by atoms with Gasteiger partial charge in [0.1, 0.15) is 12.4 Å². The highest BCUT2D eigenvalue weighted by molar-refractivity contribution is 7.80. The Bertz CT molecular complexity index is 727. The van der Waals surface area contributed by atoms with Crippen molar-refractivity contribution >= 4 is 23.3 Å². The number of carbonyl (C=O) groups is 1. The first kappa shape index (κ1) is 21.0. The van der Waals surface area contributed by atoms with E-state index in [1.165, 1.54) is 13.2 Å². The number of hydrogen-bond donors (Lipinski definition) is 1. The van der Waals surface area contributed by atoms with E-state index in [1.54, 1.807) is 30.0 Å². The van der Waals surface area contributed by atoms with Crippen LogP contribution in [-0.2, 0) is 14.3 Å². The molecule has 0 radical (unpaired) electrons. The normalized spacial score (nSPS) is 17.2. The zero-order chi connectivity index (χ0) is 20.0. The molecule has 6 nitrogen and oxygen atoms in total. The molecule has 1 N–H and O–H groups in total. The second kappa shape index (κ2) is 9.61. The number of esters is 1. The SMILES string of the molecule is CCN1C(=S)N[C@@H](c2ccccc2OC(F)F)C(C(=O)OCCOC)=C1C. The zero-order valence-electron chi connectivity index (χ0n) is 15.3. The van der Waals surface area contributed by atoms with Crippen LogP contribution in [0, 0.1) is 0 Å². The lowest BCUT2D eigenvalue weighted by atomic mass is 9.94. The third-order valence-corrected chi connectivity index (χ3v) is 4.44. The molecule has 2 rings (SSSR count). The Morgan fingerprint density at radius 2 is 2.04 bits per heavy atom. The quantitative estimate of drug-likeness (QED) is 0.409. The molecule has 0 aliphatic carbocycles. The largest absolute Gasteiger partial charge is 0.460 e. The molecule has 0 bridgehead atoms. The van der Waals surface area contributed by atoms with Gasteiger partial charge >= 0.3 is 12.6 Å².